The van der Waals surface area contributed by atoms with Crippen molar-refractivity contribution in [2.45, 2.75) is 123 Å². The van der Waals surface area contributed by atoms with Crippen LogP contribution < -0.4 is 26.6 Å². The standard InChI is InChI=1S/C45H58N6O8/c1-7-33(24-36(43(56)57)49-44(58)59-26-28-14-9-8-10-15-28)47-40(53)31-21-20-30-23-37(41(54)48-35-19-13-17-29-16-11-12-18-34(29)35)51(25-32(30)22-31)42(55)38(45(3,4)5)50-39(52)27(2)46-6/h8-12,14-16,18,20-22,27,33,35-38,46H,7,13,17,19,23-26H2,1-6H3,(H,47,53)(H,48,54)(H,49,58)(H,50,52)(H,56,57)/t27-,33+,35+,36-,37-,38+/m0/s1. The molecular formula is C45H58N6O8. The van der Waals surface area contributed by atoms with E-state index >= 15 is 0 Å². The number of rotatable bonds is 15. The van der Waals surface area contributed by atoms with Gasteiger partial charge >= 0.3 is 12.1 Å². The molecule has 0 aromatic heterocycles. The fraction of sp³-hybridized carbons (Fsp3) is 0.467. The Kier molecular flexibility index (Phi) is 14.9. The molecule has 1 aliphatic heterocycles. The average Bonchev–Trinajstić information content (AvgIpc) is 3.22. The normalized spacial score (nSPS) is 18.1. The zero-order chi connectivity index (χ0) is 42.9. The van der Waals surface area contributed by atoms with Gasteiger partial charge in [0.15, 0.2) is 0 Å². The highest BCUT2D eigenvalue weighted by atomic mass is 16.5. The quantitative estimate of drug-likeness (QED) is 0.128. The van der Waals surface area contributed by atoms with Gasteiger partial charge in [0.2, 0.25) is 17.7 Å². The van der Waals surface area contributed by atoms with Crippen molar-refractivity contribution in [3.8, 4) is 0 Å². The van der Waals surface area contributed by atoms with Crippen LogP contribution in [0.5, 0.6) is 0 Å². The van der Waals surface area contributed by atoms with E-state index < -0.39 is 59.5 Å². The van der Waals surface area contributed by atoms with E-state index in [2.05, 4.69) is 32.7 Å². The number of amides is 5. The first-order valence-corrected chi connectivity index (χ1v) is 20.4. The molecule has 0 spiro atoms. The summed E-state index contributed by atoms with van der Waals surface area (Å²) < 4.78 is 5.22. The van der Waals surface area contributed by atoms with Gasteiger partial charge in [-0.1, -0.05) is 88.4 Å². The zero-order valence-corrected chi connectivity index (χ0v) is 34.8. The van der Waals surface area contributed by atoms with Crippen molar-refractivity contribution >= 4 is 35.7 Å². The summed E-state index contributed by atoms with van der Waals surface area (Å²) in [6.07, 6.45) is 2.18. The van der Waals surface area contributed by atoms with Gasteiger partial charge in [0.25, 0.3) is 5.91 Å². The third kappa shape index (κ3) is 11.5. The predicted octanol–water partition coefficient (Wildman–Crippen LogP) is 4.55. The van der Waals surface area contributed by atoms with Crippen LogP contribution in [-0.4, -0.2) is 83.0 Å². The number of nitrogens with one attached hydrogen (secondary N) is 5. The molecule has 0 saturated heterocycles. The van der Waals surface area contributed by atoms with Gasteiger partial charge < -0.3 is 41.3 Å². The van der Waals surface area contributed by atoms with Crippen LogP contribution in [0.25, 0.3) is 0 Å². The second kappa shape index (κ2) is 19.8. The van der Waals surface area contributed by atoms with Gasteiger partial charge in [-0.15, -0.1) is 0 Å². The predicted molar refractivity (Wildman–Crippen MR) is 222 cm³/mol. The molecule has 5 rings (SSSR count). The molecule has 0 bridgehead atoms. The minimum Gasteiger partial charge on any atom is -0.480 e. The van der Waals surface area contributed by atoms with E-state index in [1.165, 1.54) is 10.5 Å². The number of fused-ring (bicyclic) bond motifs is 2. The maximum atomic E-state index is 14.7. The van der Waals surface area contributed by atoms with E-state index in [0.29, 0.717) is 12.0 Å². The first kappa shape index (κ1) is 44.3. The Morgan fingerprint density at radius 3 is 2.29 bits per heavy atom. The Balaban J connectivity index is 1.35. The van der Waals surface area contributed by atoms with Crippen LogP contribution in [0.15, 0.2) is 72.8 Å². The average molecular weight is 811 g/mol. The molecule has 1 aliphatic carbocycles. The molecule has 14 heteroatoms. The Hall–Kier alpha value is -5.76. The number of likely N-dealkylation sites (N-methyl/N-ethyl adjacent to an activating group) is 1. The number of hydrogen-bond donors (Lipinski definition) is 6. The molecule has 6 atom stereocenters. The highest BCUT2D eigenvalue weighted by molar-refractivity contribution is 5.96. The maximum Gasteiger partial charge on any atom is 0.408 e. The maximum absolute atomic E-state index is 14.7. The lowest BCUT2D eigenvalue weighted by atomic mass is 9.83. The Morgan fingerprint density at radius 1 is 0.898 bits per heavy atom. The summed E-state index contributed by atoms with van der Waals surface area (Å²) in [4.78, 5) is 82.1. The fourth-order valence-electron chi connectivity index (χ4n) is 7.59. The van der Waals surface area contributed by atoms with Crippen LogP contribution in [0.2, 0.25) is 0 Å². The third-order valence-electron chi connectivity index (χ3n) is 11.2. The number of aryl methyl sites for hydroxylation is 1. The van der Waals surface area contributed by atoms with E-state index in [1.807, 2.05) is 45.0 Å². The topological polar surface area (TPSA) is 195 Å². The molecular weight excluding hydrogens is 753 g/mol. The van der Waals surface area contributed by atoms with Gasteiger partial charge in [0, 0.05) is 24.6 Å². The van der Waals surface area contributed by atoms with Crippen molar-refractivity contribution in [3.63, 3.8) is 0 Å². The van der Waals surface area contributed by atoms with Gasteiger partial charge in [0.1, 0.15) is 24.7 Å². The Labute approximate surface area is 346 Å². The molecule has 2 aliphatic rings. The molecule has 0 fully saturated rings. The lowest BCUT2D eigenvalue weighted by molar-refractivity contribution is -0.147. The van der Waals surface area contributed by atoms with E-state index in [9.17, 15) is 33.9 Å². The molecule has 316 valence electrons. The van der Waals surface area contributed by atoms with E-state index in [1.54, 1.807) is 63.4 Å². The van der Waals surface area contributed by atoms with Crippen molar-refractivity contribution in [2.75, 3.05) is 7.05 Å². The molecule has 3 aromatic rings. The van der Waals surface area contributed by atoms with Crippen molar-refractivity contribution in [3.05, 3.63) is 106 Å². The summed E-state index contributed by atoms with van der Waals surface area (Å²) >= 11 is 0. The van der Waals surface area contributed by atoms with Crippen LogP contribution in [0.3, 0.4) is 0 Å². The van der Waals surface area contributed by atoms with Gasteiger partial charge in [-0.2, -0.15) is 0 Å². The van der Waals surface area contributed by atoms with Crippen LogP contribution in [0, 0.1) is 5.41 Å². The summed E-state index contributed by atoms with van der Waals surface area (Å²) in [6, 6.07) is 17.6. The number of alkyl carbamates (subject to hydrolysis) is 1. The van der Waals surface area contributed by atoms with Gasteiger partial charge in [-0.3, -0.25) is 19.2 Å². The molecule has 14 nitrogen and oxygen atoms in total. The third-order valence-corrected chi connectivity index (χ3v) is 11.2. The summed E-state index contributed by atoms with van der Waals surface area (Å²) in [5, 5.41) is 24.3. The van der Waals surface area contributed by atoms with Crippen LogP contribution >= 0.6 is 0 Å². The number of carbonyl (C=O) groups excluding carboxylic acids is 5. The van der Waals surface area contributed by atoms with Gasteiger partial charge in [-0.25, -0.2) is 9.59 Å². The molecule has 1 heterocycles. The summed E-state index contributed by atoms with van der Waals surface area (Å²) in [6.45, 7) is 9.04. The first-order chi connectivity index (χ1) is 28.1. The largest absolute Gasteiger partial charge is 0.480 e. The number of ether oxygens (including phenoxy) is 1. The molecule has 59 heavy (non-hydrogen) atoms. The first-order valence-electron chi connectivity index (χ1n) is 20.4. The number of carbonyl (C=O) groups is 6. The number of carboxylic acid groups (broad SMARTS) is 1. The van der Waals surface area contributed by atoms with Crippen LogP contribution in [-0.2, 0) is 49.9 Å². The SMILES string of the molecule is CC[C@H](C[C@H](NC(=O)OCc1ccccc1)C(=O)O)NC(=O)c1ccc2c(c1)CN(C(=O)[C@@H](NC(=O)[C@H](C)NC)C(C)(C)C)[C@H](C(=O)N[C@@H]1CCCc3ccccc31)C2. The lowest BCUT2D eigenvalue weighted by Crippen LogP contribution is -2.62. The summed E-state index contributed by atoms with van der Waals surface area (Å²) in [7, 11) is 1.66. The lowest BCUT2D eigenvalue weighted by Gasteiger charge is -2.42. The molecule has 3 aromatic carbocycles. The van der Waals surface area contributed by atoms with E-state index in [4.69, 9.17) is 4.74 Å². The van der Waals surface area contributed by atoms with Gasteiger partial charge in [-0.05, 0) is 91.4 Å². The van der Waals surface area contributed by atoms with E-state index in [0.717, 1.165) is 36.0 Å². The monoisotopic (exact) mass is 810 g/mol. The number of aliphatic carboxylic acids is 1. The van der Waals surface area contributed by atoms with Gasteiger partial charge in [0.05, 0.1) is 12.1 Å². The molecule has 0 saturated carbocycles. The fourth-order valence-corrected chi connectivity index (χ4v) is 7.59. The molecule has 5 amide bonds. The molecule has 0 unspecified atom stereocenters. The van der Waals surface area contributed by atoms with Crippen molar-refractivity contribution < 1.29 is 38.6 Å². The number of hydrogen-bond acceptors (Lipinski definition) is 8. The second-order valence-electron chi connectivity index (χ2n) is 16.6. The van der Waals surface area contributed by atoms with Crippen molar-refractivity contribution in [1.29, 1.82) is 0 Å². The zero-order valence-electron chi connectivity index (χ0n) is 34.8. The Bertz CT molecular complexity index is 2000. The van der Waals surface area contributed by atoms with Crippen molar-refractivity contribution in [2.24, 2.45) is 5.41 Å². The Morgan fingerprint density at radius 2 is 1.61 bits per heavy atom. The minimum atomic E-state index is -1.33. The highest BCUT2D eigenvalue weighted by Gasteiger charge is 2.43. The highest BCUT2D eigenvalue weighted by Crippen LogP contribution is 2.32. The van der Waals surface area contributed by atoms with Crippen LogP contribution in [0.4, 0.5) is 4.79 Å². The second-order valence-corrected chi connectivity index (χ2v) is 16.6. The minimum absolute atomic E-state index is 0.00592. The molecule has 0 radical (unpaired) electrons. The van der Waals surface area contributed by atoms with Crippen LogP contribution in [0.1, 0.15) is 105 Å². The van der Waals surface area contributed by atoms with Crippen molar-refractivity contribution in [1.82, 2.24) is 31.5 Å². The number of carboxylic acids is 1. The smallest absolute Gasteiger partial charge is 0.408 e. The molecule has 6 N–H and O–H groups in total. The number of nitrogens with zero attached hydrogens (tertiary/aromatic N) is 1. The van der Waals surface area contributed by atoms with E-state index in [-0.39, 0.29) is 49.4 Å². The summed E-state index contributed by atoms with van der Waals surface area (Å²) in [5.74, 6) is -2.81. The summed E-state index contributed by atoms with van der Waals surface area (Å²) in [5.41, 5.74) is 4.02. The number of benzene rings is 3.